The molecule has 0 aromatic heterocycles. The van der Waals surface area contributed by atoms with Gasteiger partial charge in [0, 0.05) is 17.7 Å². The highest BCUT2D eigenvalue weighted by Gasteiger charge is 2.24. The van der Waals surface area contributed by atoms with Crippen LogP contribution in [0.4, 0.5) is 0 Å². The van der Waals surface area contributed by atoms with E-state index in [4.69, 9.17) is 14.2 Å². The number of phenolic OH excluding ortho intramolecular Hbond substituents is 1. The molecule has 4 nitrogen and oxygen atoms in total. The van der Waals surface area contributed by atoms with Crippen LogP contribution in [-0.2, 0) is 6.42 Å². The molecule has 1 aliphatic heterocycles. The van der Waals surface area contributed by atoms with Gasteiger partial charge >= 0.3 is 0 Å². The summed E-state index contributed by atoms with van der Waals surface area (Å²) in [4.78, 5) is 0. The van der Waals surface area contributed by atoms with Crippen molar-refractivity contribution in [1.82, 2.24) is 0 Å². The van der Waals surface area contributed by atoms with Gasteiger partial charge in [0.25, 0.3) is 0 Å². The van der Waals surface area contributed by atoms with Gasteiger partial charge in [0.05, 0.1) is 14.2 Å². The fraction of sp³-hybridized carbons (Fsp3) is 0.294. The van der Waals surface area contributed by atoms with Crippen LogP contribution in [0.15, 0.2) is 36.4 Å². The molecule has 0 amide bonds. The van der Waals surface area contributed by atoms with Crippen molar-refractivity contribution >= 4 is 0 Å². The highest BCUT2D eigenvalue weighted by Crippen LogP contribution is 2.42. The molecule has 0 fully saturated rings. The number of hydrogen-bond acceptors (Lipinski definition) is 4. The van der Waals surface area contributed by atoms with E-state index in [9.17, 15) is 5.11 Å². The summed E-state index contributed by atoms with van der Waals surface area (Å²) >= 11 is 0. The zero-order valence-electron chi connectivity index (χ0n) is 12.1. The van der Waals surface area contributed by atoms with E-state index in [2.05, 4.69) is 0 Å². The third kappa shape index (κ3) is 2.61. The van der Waals surface area contributed by atoms with E-state index in [1.54, 1.807) is 26.4 Å². The molecular weight excluding hydrogens is 268 g/mol. The molecule has 1 N–H and O–H groups in total. The summed E-state index contributed by atoms with van der Waals surface area (Å²) in [5.74, 6) is 2.35. The molecule has 1 atom stereocenters. The van der Waals surface area contributed by atoms with Gasteiger partial charge in [-0.25, -0.2) is 0 Å². The highest BCUT2D eigenvalue weighted by atomic mass is 16.5. The maximum absolute atomic E-state index is 9.75. The summed E-state index contributed by atoms with van der Waals surface area (Å²) in [6, 6.07) is 11.1. The van der Waals surface area contributed by atoms with Crippen LogP contribution in [0.25, 0.3) is 0 Å². The fourth-order valence-electron chi connectivity index (χ4n) is 2.68. The third-order valence-electron chi connectivity index (χ3n) is 3.79. The molecule has 1 heterocycles. The Morgan fingerprint density at radius 3 is 2.52 bits per heavy atom. The number of ether oxygens (including phenoxy) is 3. The minimum Gasteiger partial charge on any atom is -0.508 e. The van der Waals surface area contributed by atoms with Gasteiger partial charge in [0.2, 0.25) is 0 Å². The fourth-order valence-corrected chi connectivity index (χ4v) is 2.68. The second-order valence-electron chi connectivity index (χ2n) is 5.04. The number of methoxy groups -OCH3 is 2. The lowest BCUT2D eigenvalue weighted by atomic mass is 9.96. The van der Waals surface area contributed by atoms with Crippen LogP contribution in [0.3, 0.4) is 0 Å². The third-order valence-corrected chi connectivity index (χ3v) is 3.79. The molecule has 4 heteroatoms. The first kappa shape index (κ1) is 13.6. The van der Waals surface area contributed by atoms with Crippen LogP contribution in [-0.4, -0.2) is 19.3 Å². The van der Waals surface area contributed by atoms with Crippen LogP contribution in [0.2, 0.25) is 0 Å². The topological polar surface area (TPSA) is 47.9 Å². The standard InChI is InChI=1S/C17H18O4/c1-19-13-5-3-11(4-6-13)15-8-7-14-16(20-2)9-12(18)10-17(14)21-15/h3-6,9-10,15,18H,7-8H2,1-2H3. The van der Waals surface area contributed by atoms with Crippen LogP contribution in [0, 0.1) is 0 Å². The Bertz CT molecular complexity index is 634. The second-order valence-corrected chi connectivity index (χ2v) is 5.04. The number of aromatic hydroxyl groups is 1. The normalized spacial score (nSPS) is 16.8. The van der Waals surface area contributed by atoms with Gasteiger partial charge in [-0.15, -0.1) is 0 Å². The molecular formula is C17H18O4. The Morgan fingerprint density at radius 1 is 1.10 bits per heavy atom. The molecule has 0 aliphatic carbocycles. The molecule has 0 spiro atoms. The maximum Gasteiger partial charge on any atom is 0.130 e. The predicted molar refractivity (Wildman–Crippen MR) is 79.3 cm³/mol. The number of fused-ring (bicyclic) bond motifs is 1. The van der Waals surface area contributed by atoms with Gasteiger partial charge in [0.15, 0.2) is 0 Å². The molecule has 1 unspecified atom stereocenters. The molecule has 2 aromatic rings. The number of benzene rings is 2. The Hall–Kier alpha value is -2.36. The molecule has 21 heavy (non-hydrogen) atoms. The van der Waals surface area contributed by atoms with Crippen LogP contribution >= 0.6 is 0 Å². The molecule has 0 saturated carbocycles. The van der Waals surface area contributed by atoms with Crippen molar-refractivity contribution in [3.63, 3.8) is 0 Å². The summed E-state index contributed by atoms with van der Waals surface area (Å²) in [7, 11) is 3.25. The molecule has 0 bridgehead atoms. The average Bonchev–Trinajstić information content (AvgIpc) is 2.53. The van der Waals surface area contributed by atoms with E-state index in [1.807, 2.05) is 24.3 Å². The summed E-state index contributed by atoms with van der Waals surface area (Å²) < 4.78 is 16.5. The van der Waals surface area contributed by atoms with Crippen LogP contribution < -0.4 is 14.2 Å². The first-order valence-corrected chi connectivity index (χ1v) is 6.91. The SMILES string of the molecule is COc1ccc(C2CCc3c(OC)cc(O)cc3O2)cc1. The quantitative estimate of drug-likeness (QED) is 0.938. The van der Waals surface area contributed by atoms with Crippen molar-refractivity contribution in [2.45, 2.75) is 18.9 Å². The summed E-state index contributed by atoms with van der Waals surface area (Å²) in [6.07, 6.45) is 1.71. The van der Waals surface area contributed by atoms with Crippen molar-refractivity contribution in [1.29, 1.82) is 0 Å². The lowest BCUT2D eigenvalue weighted by molar-refractivity contribution is 0.173. The van der Waals surface area contributed by atoms with Crippen molar-refractivity contribution in [2.75, 3.05) is 14.2 Å². The maximum atomic E-state index is 9.75. The van der Waals surface area contributed by atoms with Crippen LogP contribution in [0.1, 0.15) is 23.7 Å². The number of rotatable bonds is 3. The zero-order chi connectivity index (χ0) is 14.8. The van der Waals surface area contributed by atoms with Gasteiger partial charge < -0.3 is 19.3 Å². The summed E-state index contributed by atoms with van der Waals surface area (Å²) in [6.45, 7) is 0. The van der Waals surface area contributed by atoms with E-state index in [0.717, 1.165) is 29.7 Å². The minimum absolute atomic E-state index is 0.0186. The molecule has 3 rings (SSSR count). The molecule has 2 aromatic carbocycles. The molecule has 0 radical (unpaired) electrons. The number of hydrogen-bond donors (Lipinski definition) is 1. The van der Waals surface area contributed by atoms with Gasteiger partial charge in [-0.2, -0.15) is 0 Å². The lowest BCUT2D eigenvalue weighted by Gasteiger charge is -2.27. The average molecular weight is 286 g/mol. The van der Waals surface area contributed by atoms with Gasteiger partial charge in [0.1, 0.15) is 29.1 Å². The summed E-state index contributed by atoms with van der Waals surface area (Å²) in [5.41, 5.74) is 2.11. The minimum atomic E-state index is -0.0186. The second kappa shape index (κ2) is 5.56. The van der Waals surface area contributed by atoms with E-state index >= 15 is 0 Å². The Balaban J connectivity index is 1.88. The smallest absolute Gasteiger partial charge is 0.130 e. The molecule has 110 valence electrons. The monoisotopic (exact) mass is 286 g/mol. The Morgan fingerprint density at radius 2 is 1.86 bits per heavy atom. The van der Waals surface area contributed by atoms with Crippen molar-refractivity contribution < 1.29 is 19.3 Å². The number of phenols is 1. The first-order valence-electron chi connectivity index (χ1n) is 6.91. The summed E-state index contributed by atoms with van der Waals surface area (Å²) in [5, 5.41) is 9.75. The Kier molecular flexibility index (Phi) is 3.60. The lowest BCUT2D eigenvalue weighted by Crippen LogP contribution is -2.15. The van der Waals surface area contributed by atoms with Gasteiger partial charge in [-0.3, -0.25) is 0 Å². The van der Waals surface area contributed by atoms with Gasteiger partial charge in [-0.1, -0.05) is 12.1 Å². The first-order chi connectivity index (χ1) is 10.2. The largest absolute Gasteiger partial charge is 0.508 e. The van der Waals surface area contributed by atoms with E-state index in [-0.39, 0.29) is 11.9 Å². The van der Waals surface area contributed by atoms with Crippen molar-refractivity contribution in [3.8, 4) is 23.0 Å². The van der Waals surface area contributed by atoms with E-state index in [1.165, 1.54) is 0 Å². The predicted octanol–water partition coefficient (Wildman–Crippen LogP) is 3.48. The van der Waals surface area contributed by atoms with E-state index in [0.29, 0.717) is 11.5 Å². The van der Waals surface area contributed by atoms with Crippen LogP contribution in [0.5, 0.6) is 23.0 Å². The van der Waals surface area contributed by atoms with Crippen molar-refractivity contribution in [2.24, 2.45) is 0 Å². The zero-order valence-corrected chi connectivity index (χ0v) is 12.1. The molecule has 1 aliphatic rings. The molecule has 0 saturated heterocycles. The van der Waals surface area contributed by atoms with Gasteiger partial charge in [-0.05, 0) is 30.5 Å². The Labute approximate surface area is 123 Å². The van der Waals surface area contributed by atoms with Crippen molar-refractivity contribution in [3.05, 3.63) is 47.5 Å². The van der Waals surface area contributed by atoms with E-state index < -0.39 is 0 Å². The highest BCUT2D eigenvalue weighted by molar-refractivity contribution is 5.51.